The van der Waals surface area contributed by atoms with Crippen LogP contribution in [0.1, 0.15) is 16.5 Å². The number of nitrogens with zero attached hydrogens (tertiary/aromatic N) is 4. The van der Waals surface area contributed by atoms with Crippen molar-refractivity contribution in [1.82, 2.24) is 15.4 Å². The van der Waals surface area contributed by atoms with Crippen LogP contribution in [0.2, 0.25) is 0 Å². The average Bonchev–Trinajstić information content (AvgIpc) is 3.03. The number of β-amino-alcohol motifs (C(OH)–C–C–N with tert-alkyl or cyclic N) is 1. The molecule has 0 amide bonds. The normalized spacial score (nSPS) is 23.2. The van der Waals surface area contributed by atoms with Gasteiger partial charge in [-0.15, -0.1) is 10.2 Å². The van der Waals surface area contributed by atoms with E-state index in [0.717, 1.165) is 28.1 Å². The van der Waals surface area contributed by atoms with E-state index in [1.807, 2.05) is 19.9 Å². The minimum Gasteiger partial charge on any atom is -0.391 e. The van der Waals surface area contributed by atoms with E-state index in [2.05, 4.69) is 20.3 Å². The van der Waals surface area contributed by atoms with Crippen molar-refractivity contribution in [3.63, 3.8) is 0 Å². The molecule has 0 saturated carbocycles. The van der Waals surface area contributed by atoms with Gasteiger partial charge in [0.2, 0.25) is 5.13 Å². The van der Waals surface area contributed by atoms with E-state index in [4.69, 9.17) is 4.52 Å². The van der Waals surface area contributed by atoms with Gasteiger partial charge in [-0.3, -0.25) is 0 Å². The van der Waals surface area contributed by atoms with Gasteiger partial charge in [-0.25, -0.2) is 0 Å². The number of aliphatic hydroxyl groups excluding tert-OH is 1. The van der Waals surface area contributed by atoms with E-state index < -0.39 is 0 Å². The molecule has 7 heteroatoms. The largest absolute Gasteiger partial charge is 0.391 e. The molecule has 3 rings (SSSR count). The molecule has 3 heterocycles. The first kappa shape index (κ1) is 12.6. The van der Waals surface area contributed by atoms with Gasteiger partial charge in [-0.2, -0.15) is 0 Å². The van der Waals surface area contributed by atoms with Gasteiger partial charge < -0.3 is 14.5 Å². The van der Waals surface area contributed by atoms with E-state index in [1.54, 1.807) is 11.3 Å². The Morgan fingerprint density at radius 3 is 2.89 bits per heavy atom. The van der Waals surface area contributed by atoms with Crippen molar-refractivity contribution in [3.05, 3.63) is 22.5 Å². The Labute approximate surface area is 115 Å². The minimum absolute atomic E-state index is 0.150. The molecule has 0 unspecified atom stereocenters. The van der Waals surface area contributed by atoms with Gasteiger partial charge in [0, 0.05) is 31.5 Å². The van der Waals surface area contributed by atoms with Gasteiger partial charge in [-0.05, 0) is 13.8 Å². The maximum Gasteiger partial charge on any atom is 0.208 e. The molecule has 0 aliphatic carbocycles. The lowest BCUT2D eigenvalue weighted by Gasteiger charge is -2.12. The van der Waals surface area contributed by atoms with Crippen LogP contribution in [0.5, 0.6) is 0 Å². The predicted molar refractivity (Wildman–Crippen MR) is 71.3 cm³/mol. The summed E-state index contributed by atoms with van der Waals surface area (Å²) in [5, 5.41) is 24.0. The van der Waals surface area contributed by atoms with Crippen molar-refractivity contribution >= 4 is 16.5 Å². The highest BCUT2D eigenvalue weighted by atomic mass is 32.1. The van der Waals surface area contributed by atoms with Gasteiger partial charge in [-0.1, -0.05) is 16.5 Å². The summed E-state index contributed by atoms with van der Waals surface area (Å²) in [6.07, 6.45) is 0.339. The Morgan fingerprint density at radius 1 is 1.42 bits per heavy atom. The number of aliphatic hydroxyl groups is 1. The van der Waals surface area contributed by atoms with Gasteiger partial charge in [0.1, 0.15) is 10.8 Å². The van der Waals surface area contributed by atoms with E-state index in [-0.39, 0.29) is 12.0 Å². The van der Waals surface area contributed by atoms with Crippen LogP contribution in [0.3, 0.4) is 0 Å². The minimum atomic E-state index is -0.366. The lowest BCUT2D eigenvalue weighted by atomic mass is 10.0. The Kier molecular flexibility index (Phi) is 3.24. The van der Waals surface area contributed by atoms with Crippen LogP contribution >= 0.6 is 11.3 Å². The first-order valence-electron chi connectivity index (χ1n) is 6.27. The van der Waals surface area contributed by atoms with E-state index in [0.29, 0.717) is 13.0 Å². The first-order valence-corrected chi connectivity index (χ1v) is 7.09. The Morgan fingerprint density at radius 2 is 2.26 bits per heavy atom. The number of hydrogen-bond acceptors (Lipinski definition) is 7. The fourth-order valence-electron chi connectivity index (χ4n) is 2.40. The van der Waals surface area contributed by atoms with Crippen molar-refractivity contribution < 1.29 is 9.63 Å². The number of aryl methyl sites for hydroxylation is 2. The monoisotopic (exact) mass is 280 g/mol. The molecule has 1 aliphatic heterocycles. The van der Waals surface area contributed by atoms with Crippen LogP contribution < -0.4 is 4.90 Å². The zero-order chi connectivity index (χ0) is 13.4. The van der Waals surface area contributed by atoms with Crippen molar-refractivity contribution in [2.75, 3.05) is 18.0 Å². The molecular weight excluding hydrogens is 264 g/mol. The SMILES string of the molecule is Cc1cc(C[C@@H]2CN(c3nnc(C)s3)C[C@@H]2O)on1. The van der Waals surface area contributed by atoms with Crippen LogP contribution in [-0.4, -0.2) is 39.7 Å². The molecule has 2 aromatic rings. The highest BCUT2D eigenvalue weighted by Gasteiger charge is 2.33. The van der Waals surface area contributed by atoms with Crippen LogP contribution in [-0.2, 0) is 6.42 Å². The van der Waals surface area contributed by atoms with Gasteiger partial charge >= 0.3 is 0 Å². The standard InChI is InChI=1S/C12H16N4O2S/c1-7-3-10(18-15-7)4-9-5-16(6-11(9)17)12-14-13-8(2)19-12/h3,9,11,17H,4-6H2,1-2H3/t9-,11+/m1/s1. The van der Waals surface area contributed by atoms with Gasteiger partial charge in [0.25, 0.3) is 0 Å². The third-order valence-corrected chi connectivity index (χ3v) is 4.23. The smallest absolute Gasteiger partial charge is 0.208 e. The molecule has 102 valence electrons. The first-order chi connectivity index (χ1) is 9.11. The Balaban J connectivity index is 1.68. The number of hydrogen-bond donors (Lipinski definition) is 1. The summed E-state index contributed by atoms with van der Waals surface area (Å²) < 4.78 is 5.21. The summed E-state index contributed by atoms with van der Waals surface area (Å²) in [5.74, 6) is 0.980. The molecule has 1 N–H and O–H groups in total. The third-order valence-electron chi connectivity index (χ3n) is 3.33. The van der Waals surface area contributed by atoms with E-state index in [1.165, 1.54) is 0 Å². The summed E-state index contributed by atoms with van der Waals surface area (Å²) >= 11 is 1.56. The lowest BCUT2D eigenvalue weighted by molar-refractivity contribution is 0.143. The van der Waals surface area contributed by atoms with Crippen LogP contribution in [0, 0.1) is 19.8 Å². The summed E-state index contributed by atoms with van der Waals surface area (Å²) in [4.78, 5) is 2.09. The van der Waals surface area contributed by atoms with Gasteiger partial charge in [0.15, 0.2) is 0 Å². The van der Waals surface area contributed by atoms with Crippen LogP contribution in [0.4, 0.5) is 5.13 Å². The van der Waals surface area contributed by atoms with E-state index in [9.17, 15) is 5.11 Å². The number of anilines is 1. The quantitative estimate of drug-likeness (QED) is 0.910. The molecule has 1 aliphatic rings. The van der Waals surface area contributed by atoms with E-state index >= 15 is 0 Å². The molecule has 19 heavy (non-hydrogen) atoms. The lowest BCUT2D eigenvalue weighted by Crippen LogP contribution is -2.20. The summed E-state index contributed by atoms with van der Waals surface area (Å²) in [5.41, 5.74) is 0.874. The predicted octanol–water partition coefficient (Wildman–Crippen LogP) is 1.18. The molecule has 6 nitrogen and oxygen atoms in total. The van der Waals surface area contributed by atoms with Gasteiger partial charge in [0.05, 0.1) is 11.8 Å². The number of aromatic nitrogens is 3. The van der Waals surface area contributed by atoms with Crippen LogP contribution in [0.15, 0.2) is 10.6 Å². The zero-order valence-corrected chi connectivity index (χ0v) is 11.7. The van der Waals surface area contributed by atoms with Crippen molar-refractivity contribution in [3.8, 4) is 0 Å². The van der Waals surface area contributed by atoms with Crippen molar-refractivity contribution in [2.24, 2.45) is 5.92 Å². The molecule has 0 spiro atoms. The second kappa shape index (κ2) is 4.90. The molecule has 0 aromatic carbocycles. The zero-order valence-electron chi connectivity index (χ0n) is 10.9. The molecule has 0 radical (unpaired) electrons. The second-order valence-electron chi connectivity index (χ2n) is 4.97. The topological polar surface area (TPSA) is 75.3 Å². The fraction of sp³-hybridized carbons (Fsp3) is 0.583. The Bertz CT molecular complexity index is 568. The summed E-state index contributed by atoms with van der Waals surface area (Å²) in [6.45, 7) is 5.21. The molecule has 0 bridgehead atoms. The average molecular weight is 280 g/mol. The molecule has 2 aromatic heterocycles. The highest BCUT2D eigenvalue weighted by Crippen LogP contribution is 2.28. The summed E-state index contributed by atoms with van der Waals surface area (Å²) in [6, 6.07) is 1.92. The van der Waals surface area contributed by atoms with Crippen molar-refractivity contribution in [2.45, 2.75) is 26.4 Å². The molecule has 1 saturated heterocycles. The third kappa shape index (κ3) is 2.62. The van der Waals surface area contributed by atoms with Crippen molar-refractivity contribution in [1.29, 1.82) is 0 Å². The maximum absolute atomic E-state index is 10.1. The number of rotatable bonds is 3. The highest BCUT2D eigenvalue weighted by molar-refractivity contribution is 7.15. The molecular formula is C12H16N4O2S. The molecule has 2 atom stereocenters. The second-order valence-corrected chi connectivity index (χ2v) is 6.13. The Hall–Kier alpha value is -1.47. The summed E-state index contributed by atoms with van der Waals surface area (Å²) in [7, 11) is 0. The van der Waals surface area contributed by atoms with Crippen LogP contribution in [0.25, 0.3) is 0 Å². The molecule has 1 fully saturated rings. The maximum atomic E-state index is 10.1. The fourth-order valence-corrected chi connectivity index (χ4v) is 3.10.